The Balaban J connectivity index is 0.000000251. The molecule has 2 atom stereocenters. The monoisotopic (exact) mass is 346 g/mol. The number of carboxylic acid groups (broad SMARTS) is 2. The number of phenols is 1. The molecule has 0 radical (unpaired) electrons. The van der Waals surface area contributed by atoms with Gasteiger partial charge in [-0.15, -0.1) is 0 Å². The first kappa shape index (κ1) is 20.0. The summed E-state index contributed by atoms with van der Waals surface area (Å²) in [6.45, 7) is 1.61. The van der Waals surface area contributed by atoms with Gasteiger partial charge in [-0.1, -0.05) is 30.3 Å². The van der Waals surface area contributed by atoms with Crippen molar-refractivity contribution in [3.8, 4) is 5.75 Å². The van der Waals surface area contributed by atoms with E-state index in [0.29, 0.717) is 0 Å². The fraction of sp³-hybridized carbons (Fsp3) is 0.222. The molecule has 0 unspecified atom stereocenters. The van der Waals surface area contributed by atoms with E-state index in [0.717, 1.165) is 11.3 Å². The quantitative estimate of drug-likeness (QED) is 0.539. The number of rotatable bonds is 6. The lowest BCUT2D eigenvalue weighted by Gasteiger charge is -2.09. The Bertz CT molecular complexity index is 674. The number of aromatic hydroxyl groups is 1. The summed E-state index contributed by atoms with van der Waals surface area (Å²) in [6.07, 6.45) is 0.273. The van der Waals surface area contributed by atoms with Crippen molar-refractivity contribution in [2.45, 2.75) is 25.4 Å². The third-order valence-electron chi connectivity index (χ3n) is 3.24. The lowest BCUT2D eigenvalue weighted by molar-refractivity contribution is -0.139. The molecule has 2 aromatic carbocycles. The fourth-order valence-electron chi connectivity index (χ4n) is 1.82. The minimum absolute atomic E-state index is 0.160. The zero-order valence-corrected chi connectivity index (χ0v) is 13.8. The van der Waals surface area contributed by atoms with E-state index in [1.807, 2.05) is 30.3 Å². The van der Waals surface area contributed by atoms with E-state index >= 15 is 0 Å². The van der Waals surface area contributed by atoms with Crippen LogP contribution in [0.1, 0.15) is 12.5 Å². The Kier molecular flexibility index (Phi) is 7.95. The molecule has 0 aliphatic carbocycles. The van der Waals surface area contributed by atoms with E-state index in [1.54, 1.807) is 19.1 Å². The van der Waals surface area contributed by atoms with Crippen molar-refractivity contribution < 1.29 is 24.9 Å². The number of benzene rings is 2. The number of para-hydroxylation sites is 1. The number of carboxylic acids is 2. The number of phenolic OH excluding ortho intramolecular Hbond substituents is 1. The first-order chi connectivity index (χ1) is 11.8. The van der Waals surface area contributed by atoms with Crippen LogP contribution in [-0.2, 0) is 16.0 Å². The third kappa shape index (κ3) is 7.85. The summed E-state index contributed by atoms with van der Waals surface area (Å²) in [5, 5.41) is 28.9. The number of hydrogen-bond donors (Lipinski definition) is 5. The maximum atomic E-state index is 10.4. The van der Waals surface area contributed by atoms with Crippen LogP contribution in [0, 0.1) is 0 Å². The van der Waals surface area contributed by atoms with Crippen LogP contribution in [0.2, 0.25) is 0 Å². The largest absolute Gasteiger partial charge is 0.508 e. The van der Waals surface area contributed by atoms with Crippen LogP contribution in [0.4, 0.5) is 5.69 Å². The Morgan fingerprint density at radius 1 is 1.00 bits per heavy atom. The highest BCUT2D eigenvalue weighted by molar-refractivity contribution is 5.76. The summed E-state index contributed by atoms with van der Waals surface area (Å²) in [7, 11) is 0. The molecule has 0 aliphatic heterocycles. The smallest absolute Gasteiger partial charge is 0.325 e. The molecule has 0 aromatic heterocycles. The number of anilines is 1. The van der Waals surface area contributed by atoms with Crippen molar-refractivity contribution in [1.82, 2.24) is 0 Å². The normalized spacial score (nSPS) is 12.2. The van der Waals surface area contributed by atoms with Crippen molar-refractivity contribution in [1.29, 1.82) is 0 Å². The van der Waals surface area contributed by atoms with Gasteiger partial charge in [0.1, 0.15) is 17.8 Å². The Hall–Kier alpha value is -3.06. The zero-order valence-electron chi connectivity index (χ0n) is 13.8. The van der Waals surface area contributed by atoms with Crippen LogP contribution >= 0.6 is 0 Å². The molecule has 0 aliphatic rings. The molecule has 7 nitrogen and oxygen atoms in total. The van der Waals surface area contributed by atoms with E-state index in [1.165, 1.54) is 12.1 Å². The summed E-state index contributed by atoms with van der Waals surface area (Å²) < 4.78 is 0. The summed E-state index contributed by atoms with van der Waals surface area (Å²) in [6, 6.07) is 14.1. The van der Waals surface area contributed by atoms with Crippen molar-refractivity contribution in [2.75, 3.05) is 5.32 Å². The van der Waals surface area contributed by atoms with Crippen molar-refractivity contribution in [2.24, 2.45) is 5.73 Å². The van der Waals surface area contributed by atoms with Crippen LogP contribution in [0.5, 0.6) is 5.75 Å². The molecule has 0 saturated carbocycles. The van der Waals surface area contributed by atoms with Gasteiger partial charge >= 0.3 is 11.9 Å². The standard InChI is InChI=1S/C9H11NO3.C9H11NO2/c10-8(9(12)13)5-6-1-3-7(11)4-2-6;1-7(9(11)12)10-8-5-3-2-4-6-8/h1-4,8,11H,5,10H2,(H,12,13);2-7,10H,1H3,(H,11,12)/t8-;7-/m00/s1. The van der Waals surface area contributed by atoms with Crippen molar-refractivity contribution in [3.63, 3.8) is 0 Å². The molecule has 0 bridgehead atoms. The van der Waals surface area contributed by atoms with E-state index in [-0.39, 0.29) is 12.2 Å². The molecular formula is C18H22N2O5. The van der Waals surface area contributed by atoms with Gasteiger partial charge in [0.15, 0.2) is 0 Å². The number of hydrogen-bond acceptors (Lipinski definition) is 5. The molecule has 0 fully saturated rings. The second kappa shape index (κ2) is 9.94. The van der Waals surface area contributed by atoms with E-state index < -0.39 is 24.0 Å². The lowest BCUT2D eigenvalue weighted by atomic mass is 10.1. The molecule has 0 amide bonds. The molecule has 0 saturated heterocycles. The Labute approximate surface area is 145 Å². The number of aliphatic carboxylic acids is 2. The van der Waals surface area contributed by atoms with Crippen LogP contribution < -0.4 is 11.1 Å². The maximum Gasteiger partial charge on any atom is 0.325 e. The highest BCUT2D eigenvalue weighted by Crippen LogP contribution is 2.10. The van der Waals surface area contributed by atoms with Crippen LogP contribution in [-0.4, -0.2) is 39.3 Å². The molecule has 25 heavy (non-hydrogen) atoms. The first-order valence-corrected chi connectivity index (χ1v) is 7.60. The average molecular weight is 346 g/mol. The van der Waals surface area contributed by atoms with Gasteiger partial charge < -0.3 is 26.4 Å². The second-order valence-electron chi connectivity index (χ2n) is 5.39. The van der Waals surface area contributed by atoms with Crippen LogP contribution in [0.15, 0.2) is 54.6 Å². The highest BCUT2D eigenvalue weighted by atomic mass is 16.4. The van der Waals surface area contributed by atoms with E-state index in [2.05, 4.69) is 5.32 Å². The molecule has 0 spiro atoms. The summed E-state index contributed by atoms with van der Waals surface area (Å²) in [4.78, 5) is 20.8. The van der Waals surface area contributed by atoms with Crippen LogP contribution in [0.3, 0.4) is 0 Å². The summed E-state index contributed by atoms with van der Waals surface area (Å²) >= 11 is 0. The molecule has 6 N–H and O–H groups in total. The van der Waals surface area contributed by atoms with Gasteiger partial charge in [0.05, 0.1) is 0 Å². The van der Waals surface area contributed by atoms with Crippen LogP contribution in [0.25, 0.3) is 0 Å². The van der Waals surface area contributed by atoms with Gasteiger partial charge in [-0.05, 0) is 43.2 Å². The maximum absolute atomic E-state index is 10.4. The first-order valence-electron chi connectivity index (χ1n) is 7.60. The molecule has 0 heterocycles. The highest BCUT2D eigenvalue weighted by Gasteiger charge is 2.11. The average Bonchev–Trinajstić information content (AvgIpc) is 2.58. The number of nitrogens with one attached hydrogen (secondary N) is 1. The van der Waals surface area contributed by atoms with Gasteiger partial charge in [0.2, 0.25) is 0 Å². The minimum Gasteiger partial charge on any atom is -0.508 e. The predicted octanol–water partition coefficient (Wildman–Crippen LogP) is 1.92. The SMILES string of the molecule is C[C@H](Nc1ccccc1)C(=O)O.N[C@@H](Cc1ccc(O)cc1)C(=O)O. The number of nitrogens with two attached hydrogens (primary N) is 1. The Morgan fingerprint density at radius 3 is 2.04 bits per heavy atom. The lowest BCUT2D eigenvalue weighted by Crippen LogP contribution is -2.32. The topological polar surface area (TPSA) is 133 Å². The molecule has 134 valence electrons. The Morgan fingerprint density at radius 2 is 1.56 bits per heavy atom. The van der Waals surface area contributed by atoms with E-state index in [9.17, 15) is 9.59 Å². The molecule has 2 rings (SSSR count). The van der Waals surface area contributed by atoms with Crippen molar-refractivity contribution in [3.05, 3.63) is 60.2 Å². The van der Waals surface area contributed by atoms with Gasteiger partial charge in [-0.3, -0.25) is 9.59 Å². The summed E-state index contributed by atoms with van der Waals surface area (Å²) in [5.41, 5.74) is 6.95. The second-order valence-corrected chi connectivity index (χ2v) is 5.39. The van der Waals surface area contributed by atoms with Crippen molar-refractivity contribution >= 4 is 17.6 Å². The van der Waals surface area contributed by atoms with Gasteiger partial charge in [-0.25, -0.2) is 0 Å². The van der Waals surface area contributed by atoms with Gasteiger partial charge in [-0.2, -0.15) is 0 Å². The summed E-state index contributed by atoms with van der Waals surface area (Å²) in [5.74, 6) is -1.71. The predicted molar refractivity (Wildman–Crippen MR) is 94.6 cm³/mol. The molecule has 2 aromatic rings. The molecular weight excluding hydrogens is 324 g/mol. The zero-order chi connectivity index (χ0) is 18.8. The fourth-order valence-corrected chi connectivity index (χ4v) is 1.82. The van der Waals surface area contributed by atoms with Gasteiger partial charge in [0, 0.05) is 5.69 Å². The number of carbonyl (C=O) groups is 2. The van der Waals surface area contributed by atoms with Gasteiger partial charge in [0.25, 0.3) is 0 Å². The minimum atomic E-state index is -1.02. The van der Waals surface area contributed by atoms with E-state index in [4.69, 9.17) is 21.1 Å². The molecule has 7 heteroatoms. The third-order valence-corrected chi connectivity index (χ3v) is 3.24.